The molecule has 0 spiro atoms. The molecular formula is C43H55O6Si2. The van der Waals surface area contributed by atoms with Crippen LogP contribution in [-0.2, 0) is 6.42 Å². The first-order valence-electron chi connectivity index (χ1n) is 17.7. The Bertz CT molecular complexity index is 1800. The summed E-state index contributed by atoms with van der Waals surface area (Å²) in [7, 11) is 2.70. The quantitative estimate of drug-likeness (QED) is 0.144. The normalized spacial score (nSPS) is 15.0. The highest BCUT2D eigenvalue weighted by Crippen LogP contribution is 2.55. The Balaban J connectivity index is 1.86. The average molecular weight is 724 g/mol. The SMILES string of the molecule is COc1ccc(C2=CC(C(C)(C)C)CCc3c(OC)c(OC)c(OC)c(O[Si](c4ccccc4)c4ccccc4)c32)cc1O[Si](C)(C)C(C)(C)C. The molecule has 1 aliphatic carbocycles. The lowest BCUT2D eigenvalue weighted by molar-refractivity contribution is 0.278. The van der Waals surface area contributed by atoms with Crippen molar-refractivity contribution in [3.05, 3.63) is 102 Å². The van der Waals surface area contributed by atoms with Crippen LogP contribution in [0.4, 0.5) is 0 Å². The van der Waals surface area contributed by atoms with Crippen LogP contribution in [0.25, 0.3) is 5.57 Å². The van der Waals surface area contributed by atoms with Gasteiger partial charge in [-0.3, -0.25) is 0 Å². The van der Waals surface area contributed by atoms with Crippen LogP contribution >= 0.6 is 0 Å². The zero-order valence-electron chi connectivity index (χ0n) is 32.5. The maximum absolute atomic E-state index is 7.43. The van der Waals surface area contributed by atoms with Crippen molar-refractivity contribution < 1.29 is 27.8 Å². The fourth-order valence-corrected chi connectivity index (χ4v) is 9.40. The first-order chi connectivity index (χ1) is 24.1. The van der Waals surface area contributed by atoms with Crippen molar-refractivity contribution in [2.45, 2.75) is 72.5 Å². The molecule has 0 amide bonds. The number of ether oxygens (including phenoxy) is 4. The first kappa shape index (κ1) is 38.1. The van der Waals surface area contributed by atoms with Gasteiger partial charge in [0.25, 0.3) is 8.32 Å². The molecule has 1 radical (unpaired) electrons. The fraction of sp³-hybridized carbons (Fsp3) is 0.395. The Kier molecular flexibility index (Phi) is 11.4. The third kappa shape index (κ3) is 7.87. The molecule has 5 rings (SSSR count). The van der Waals surface area contributed by atoms with Crippen LogP contribution in [0, 0.1) is 11.3 Å². The molecule has 0 bridgehead atoms. The monoisotopic (exact) mass is 723 g/mol. The zero-order chi connectivity index (χ0) is 37.1. The van der Waals surface area contributed by atoms with Crippen molar-refractivity contribution in [2.24, 2.45) is 11.3 Å². The minimum absolute atomic E-state index is 0.00507. The van der Waals surface area contributed by atoms with E-state index in [4.69, 9.17) is 27.8 Å². The second-order valence-electron chi connectivity index (χ2n) is 15.8. The molecule has 4 aromatic carbocycles. The van der Waals surface area contributed by atoms with Crippen molar-refractivity contribution >= 4 is 33.3 Å². The second kappa shape index (κ2) is 15.2. The van der Waals surface area contributed by atoms with E-state index in [1.165, 1.54) is 0 Å². The van der Waals surface area contributed by atoms with E-state index in [-0.39, 0.29) is 16.4 Å². The van der Waals surface area contributed by atoms with Crippen LogP contribution in [0.3, 0.4) is 0 Å². The van der Waals surface area contributed by atoms with Gasteiger partial charge >= 0.3 is 9.04 Å². The van der Waals surface area contributed by atoms with E-state index in [1.807, 2.05) is 18.2 Å². The lowest BCUT2D eigenvalue weighted by Crippen LogP contribution is -2.47. The summed E-state index contributed by atoms with van der Waals surface area (Å²) in [4.78, 5) is 0. The van der Waals surface area contributed by atoms with Crippen LogP contribution < -0.4 is 38.2 Å². The molecule has 6 nitrogen and oxygen atoms in total. The smallest absolute Gasteiger partial charge is 0.352 e. The summed E-state index contributed by atoms with van der Waals surface area (Å²) < 4.78 is 38.8. The van der Waals surface area contributed by atoms with Crippen LogP contribution in [0.15, 0.2) is 84.9 Å². The Morgan fingerprint density at radius 1 is 0.647 bits per heavy atom. The van der Waals surface area contributed by atoms with Gasteiger partial charge < -0.3 is 27.8 Å². The van der Waals surface area contributed by atoms with E-state index in [0.29, 0.717) is 28.7 Å². The molecule has 51 heavy (non-hydrogen) atoms. The van der Waals surface area contributed by atoms with Gasteiger partial charge in [0.15, 0.2) is 17.2 Å². The van der Waals surface area contributed by atoms with Gasteiger partial charge in [-0.05, 0) is 75.9 Å². The number of hydrogen-bond donors (Lipinski definition) is 0. The molecule has 0 saturated carbocycles. The number of allylic oxidation sites excluding steroid dienone is 1. The Morgan fingerprint density at radius 3 is 1.69 bits per heavy atom. The first-order valence-corrected chi connectivity index (χ1v) is 22.1. The molecule has 0 aromatic heterocycles. The van der Waals surface area contributed by atoms with Gasteiger partial charge in [-0.1, -0.05) is 114 Å². The van der Waals surface area contributed by atoms with Gasteiger partial charge in [-0.15, -0.1) is 0 Å². The topological polar surface area (TPSA) is 55.4 Å². The van der Waals surface area contributed by atoms with Gasteiger partial charge in [0, 0.05) is 11.1 Å². The summed E-state index contributed by atoms with van der Waals surface area (Å²) in [6.07, 6.45) is 4.11. The second-order valence-corrected chi connectivity index (χ2v) is 22.5. The predicted molar refractivity (Wildman–Crippen MR) is 214 cm³/mol. The molecule has 0 heterocycles. The van der Waals surface area contributed by atoms with Gasteiger partial charge in [-0.25, -0.2) is 0 Å². The lowest BCUT2D eigenvalue weighted by Gasteiger charge is -2.37. The van der Waals surface area contributed by atoms with Gasteiger partial charge in [0.05, 0.1) is 28.4 Å². The molecule has 1 aliphatic rings. The van der Waals surface area contributed by atoms with E-state index in [1.54, 1.807) is 28.4 Å². The minimum atomic E-state index is -2.22. The van der Waals surface area contributed by atoms with Gasteiger partial charge in [0.2, 0.25) is 11.5 Å². The highest BCUT2D eigenvalue weighted by atomic mass is 28.4. The zero-order valence-corrected chi connectivity index (χ0v) is 34.5. The van der Waals surface area contributed by atoms with Crippen LogP contribution in [0.1, 0.15) is 64.7 Å². The highest BCUT2D eigenvalue weighted by Gasteiger charge is 2.40. The average Bonchev–Trinajstić information content (AvgIpc) is 3.31. The highest BCUT2D eigenvalue weighted by molar-refractivity contribution is 6.80. The van der Waals surface area contributed by atoms with Crippen LogP contribution in [0.5, 0.6) is 34.5 Å². The number of hydrogen-bond acceptors (Lipinski definition) is 6. The summed E-state index contributed by atoms with van der Waals surface area (Å²) in [5.41, 5.74) is 4.03. The molecular weight excluding hydrogens is 669 g/mol. The molecule has 0 N–H and O–H groups in total. The Morgan fingerprint density at radius 2 is 1.20 bits per heavy atom. The summed E-state index contributed by atoms with van der Waals surface area (Å²) in [6, 6.07) is 27.2. The van der Waals surface area contributed by atoms with Crippen molar-refractivity contribution in [1.29, 1.82) is 0 Å². The summed E-state index contributed by atoms with van der Waals surface area (Å²) in [5, 5.41) is 2.26. The van der Waals surface area contributed by atoms with Crippen molar-refractivity contribution in [1.82, 2.24) is 0 Å². The van der Waals surface area contributed by atoms with E-state index in [2.05, 4.69) is 121 Å². The Hall–Kier alpha value is -4.15. The van der Waals surface area contributed by atoms with Gasteiger partial charge in [0.1, 0.15) is 5.75 Å². The summed E-state index contributed by atoms with van der Waals surface area (Å²) >= 11 is 0. The molecule has 1 atom stereocenters. The number of fused-ring (bicyclic) bond motifs is 1. The van der Waals surface area contributed by atoms with Crippen LogP contribution in [0.2, 0.25) is 18.1 Å². The van der Waals surface area contributed by atoms with E-state index >= 15 is 0 Å². The fourth-order valence-electron chi connectivity index (χ4n) is 6.42. The molecule has 271 valence electrons. The third-order valence-electron chi connectivity index (χ3n) is 10.4. The maximum atomic E-state index is 7.43. The maximum Gasteiger partial charge on any atom is 0.352 e. The van der Waals surface area contributed by atoms with Crippen LogP contribution in [-0.4, -0.2) is 45.8 Å². The van der Waals surface area contributed by atoms with E-state index in [9.17, 15) is 0 Å². The standard InChI is InChI=1S/C43H55O6Si2/c1-42(2,3)30-24-25-33-37(34(28-30)29-23-26-35(44-7)36(27-29)49-51(11,12)43(4,5)6)39(41(47-10)40(46-9)38(33)45-8)48-50(31-19-15-13-16-20-31)32-21-17-14-18-22-32/h13-23,26-28,30H,24-25H2,1-12H3. The Labute approximate surface area is 308 Å². The molecule has 1 unspecified atom stereocenters. The molecule has 4 aromatic rings. The van der Waals surface area contributed by atoms with Gasteiger partial charge in [-0.2, -0.15) is 0 Å². The third-order valence-corrected chi connectivity index (χ3v) is 16.9. The van der Waals surface area contributed by atoms with Crippen molar-refractivity contribution in [3.63, 3.8) is 0 Å². The molecule has 0 aliphatic heterocycles. The lowest BCUT2D eigenvalue weighted by atomic mass is 9.77. The number of rotatable bonds is 11. The van der Waals surface area contributed by atoms with E-state index in [0.717, 1.165) is 51.2 Å². The van der Waals surface area contributed by atoms with Crippen molar-refractivity contribution in [3.8, 4) is 34.5 Å². The summed E-state index contributed by atoms with van der Waals surface area (Å²) in [6.45, 7) is 18.2. The number of benzene rings is 4. The number of methoxy groups -OCH3 is 4. The largest absolute Gasteiger partial charge is 0.541 e. The molecule has 0 fully saturated rings. The molecule has 8 heteroatoms. The van der Waals surface area contributed by atoms with E-state index < -0.39 is 17.4 Å². The molecule has 0 saturated heterocycles. The van der Waals surface area contributed by atoms with Crippen molar-refractivity contribution in [2.75, 3.05) is 28.4 Å². The predicted octanol–water partition coefficient (Wildman–Crippen LogP) is 9.33. The summed E-state index contributed by atoms with van der Waals surface area (Å²) in [5.74, 6) is 4.05. The minimum Gasteiger partial charge on any atom is -0.541 e.